The van der Waals surface area contributed by atoms with Crippen LogP contribution in [-0.2, 0) is 21.9 Å². The molecule has 0 aliphatic rings. The van der Waals surface area contributed by atoms with Gasteiger partial charge in [-0.2, -0.15) is 0 Å². The summed E-state index contributed by atoms with van der Waals surface area (Å²) >= 11 is 8.47. The molecule has 0 bridgehead atoms. The average Bonchev–Trinajstić information content (AvgIpc) is 2.65. The van der Waals surface area contributed by atoms with Gasteiger partial charge in [0.25, 0.3) is 0 Å². The van der Waals surface area contributed by atoms with Crippen LogP contribution in [0, 0.1) is 0 Å². The van der Waals surface area contributed by atoms with Crippen LogP contribution in [0.25, 0.3) is 0 Å². The number of nitrogens with zero attached hydrogens (tertiary/aromatic N) is 1. The van der Waals surface area contributed by atoms with Crippen LogP contribution >= 0.6 is 43.6 Å². The van der Waals surface area contributed by atoms with Crippen LogP contribution in [0.5, 0.6) is 0 Å². The molecule has 2 aromatic carbocycles. The molecule has 0 fully saturated rings. The Morgan fingerprint density at radius 1 is 1.03 bits per heavy atom. The molecule has 4 nitrogen and oxygen atoms in total. The van der Waals surface area contributed by atoms with Gasteiger partial charge in [0.05, 0.1) is 5.75 Å². The second-order valence-corrected chi connectivity index (χ2v) is 11.0. The highest BCUT2D eigenvalue weighted by Gasteiger charge is 2.28. The second kappa shape index (κ2) is 11.3. The molecule has 2 aromatic rings. The smallest absolute Gasteiger partial charge is 0.242 e. The van der Waals surface area contributed by atoms with Crippen molar-refractivity contribution in [1.29, 1.82) is 0 Å². The number of nitrogens with one attached hydrogen (secondary N) is 1. The molecule has 30 heavy (non-hydrogen) atoms. The summed E-state index contributed by atoms with van der Waals surface area (Å²) < 4.78 is 1.98. The molecular weight excluding hydrogens is 528 g/mol. The van der Waals surface area contributed by atoms with Crippen molar-refractivity contribution in [2.75, 3.05) is 5.75 Å². The fourth-order valence-corrected chi connectivity index (χ4v) is 4.39. The number of hydrogen-bond donors (Lipinski definition) is 1. The van der Waals surface area contributed by atoms with E-state index in [9.17, 15) is 9.59 Å². The molecule has 0 saturated heterocycles. The molecule has 0 saturated carbocycles. The predicted molar refractivity (Wildman–Crippen MR) is 132 cm³/mol. The van der Waals surface area contributed by atoms with E-state index in [1.807, 2.05) is 69.3 Å². The third-order valence-corrected chi connectivity index (χ3v) is 6.33. The zero-order valence-electron chi connectivity index (χ0n) is 17.7. The molecule has 7 heteroatoms. The Kier molecular flexibility index (Phi) is 9.44. The van der Waals surface area contributed by atoms with Crippen molar-refractivity contribution in [3.63, 3.8) is 0 Å². The fraction of sp³-hybridized carbons (Fsp3) is 0.391. The summed E-state index contributed by atoms with van der Waals surface area (Å²) in [6.45, 7) is 7.98. The van der Waals surface area contributed by atoms with Crippen molar-refractivity contribution in [3.05, 3.63) is 68.6 Å². The number of amides is 2. The van der Waals surface area contributed by atoms with Crippen LogP contribution in [0.4, 0.5) is 0 Å². The van der Waals surface area contributed by atoms with Crippen molar-refractivity contribution in [3.8, 4) is 0 Å². The summed E-state index contributed by atoms with van der Waals surface area (Å²) in [7, 11) is 0. The molecule has 1 N–H and O–H groups in total. The van der Waals surface area contributed by atoms with Gasteiger partial charge in [-0.15, -0.1) is 11.8 Å². The van der Waals surface area contributed by atoms with Crippen molar-refractivity contribution >= 4 is 55.4 Å². The first-order chi connectivity index (χ1) is 14.0. The quantitative estimate of drug-likeness (QED) is 0.449. The fourth-order valence-electron chi connectivity index (χ4n) is 2.81. The zero-order chi connectivity index (χ0) is 22.3. The van der Waals surface area contributed by atoms with Crippen LogP contribution in [0.2, 0.25) is 0 Å². The van der Waals surface area contributed by atoms with Gasteiger partial charge in [0.2, 0.25) is 11.8 Å². The maximum absolute atomic E-state index is 13.1. The van der Waals surface area contributed by atoms with Crippen molar-refractivity contribution < 1.29 is 9.59 Å². The minimum absolute atomic E-state index is 0.0475. The number of carbonyl (C=O) groups is 2. The predicted octanol–water partition coefficient (Wildman–Crippen LogP) is 5.78. The van der Waals surface area contributed by atoms with E-state index < -0.39 is 6.04 Å². The Morgan fingerprint density at radius 2 is 1.70 bits per heavy atom. The van der Waals surface area contributed by atoms with Crippen LogP contribution in [0.15, 0.2) is 57.5 Å². The van der Waals surface area contributed by atoms with Gasteiger partial charge in [0.1, 0.15) is 6.04 Å². The molecule has 0 radical (unpaired) electrons. The van der Waals surface area contributed by atoms with E-state index in [0.717, 1.165) is 25.8 Å². The second-order valence-electron chi connectivity index (χ2n) is 8.19. The van der Waals surface area contributed by atoms with Crippen LogP contribution in [0.3, 0.4) is 0 Å². The number of rotatable bonds is 8. The Bertz CT molecular complexity index is 866. The number of thioether (sulfide) groups is 1. The van der Waals surface area contributed by atoms with Crippen molar-refractivity contribution in [1.82, 2.24) is 10.2 Å². The molecule has 1 unspecified atom stereocenters. The first-order valence-corrected chi connectivity index (χ1v) is 12.5. The van der Waals surface area contributed by atoms with Gasteiger partial charge < -0.3 is 10.2 Å². The first-order valence-electron chi connectivity index (χ1n) is 9.73. The Balaban J connectivity index is 2.09. The van der Waals surface area contributed by atoms with E-state index >= 15 is 0 Å². The first kappa shape index (κ1) is 25.0. The molecule has 162 valence electrons. The molecule has 2 amide bonds. The third kappa shape index (κ3) is 8.44. The minimum Gasteiger partial charge on any atom is -0.350 e. The van der Waals surface area contributed by atoms with E-state index in [1.165, 1.54) is 0 Å². The molecular formula is C23H28Br2N2O2S. The maximum Gasteiger partial charge on any atom is 0.242 e. The molecule has 0 spiro atoms. The summed E-state index contributed by atoms with van der Waals surface area (Å²) in [5, 5.41) is 2.99. The minimum atomic E-state index is -0.566. The summed E-state index contributed by atoms with van der Waals surface area (Å²) in [6, 6.07) is 15.3. The number of benzene rings is 2. The standard InChI is InChI=1S/C23H28Br2N2O2S/c1-16(22(29)26-23(2,3)4)27(13-18-6-5-7-20(25)12-18)21(28)15-30-14-17-8-10-19(24)11-9-17/h5-12,16H,13-15H2,1-4H3,(H,26,29). The van der Waals surface area contributed by atoms with Crippen molar-refractivity contribution in [2.45, 2.75) is 51.6 Å². The lowest BCUT2D eigenvalue weighted by atomic mass is 10.1. The Hall–Kier alpha value is -1.31. The summed E-state index contributed by atoms with van der Waals surface area (Å²) in [6.07, 6.45) is 0. The van der Waals surface area contributed by atoms with Gasteiger partial charge >= 0.3 is 0 Å². The summed E-state index contributed by atoms with van der Waals surface area (Å²) in [5.74, 6) is 0.862. The molecule has 2 rings (SSSR count). The highest BCUT2D eigenvalue weighted by Crippen LogP contribution is 2.19. The van der Waals surface area contributed by atoms with E-state index in [0.29, 0.717) is 12.3 Å². The zero-order valence-corrected chi connectivity index (χ0v) is 21.7. The number of hydrogen-bond acceptors (Lipinski definition) is 3. The van der Waals surface area contributed by atoms with Crippen LogP contribution < -0.4 is 5.32 Å². The molecule has 0 aliphatic heterocycles. The lowest BCUT2D eigenvalue weighted by molar-refractivity contribution is -0.139. The lowest BCUT2D eigenvalue weighted by Gasteiger charge is -2.31. The highest BCUT2D eigenvalue weighted by atomic mass is 79.9. The Morgan fingerprint density at radius 3 is 2.30 bits per heavy atom. The molecule has 0 heterocycles. The van der Waals surface area contributed by atoms with E-state index in [1.54, 1.807) is 23.6 Å². The van der Waals surface area contributed by atoms with Crippen molar-refractivity contribution in [2.24, 2.45) is 0 Å². The topological polar surface area (TPSA) is 49.4 Å². The summed E-state index contributed by atoms with van der Waals surface area (Å²) in [4.78, 5) is 27.5. The van der Waals surface area contributed by atoms with Gasteiger partial charge in [-0.1, -0.05) is 56.1 Å². The molecule has 1 atom stereocenters. The van der Waals surface area contributed by atoms with Gasteiger partial charge in [-0.25, -0.2) is 0 Å². The van der Waals surface area contributed by atoms with Gasteiger partial charge in [0.15, 0.2) is 0 Å². The molecule has 0 aliphatic carbocycles. The lowest BCUT2D eigenvalue weighted by Crippen LogP contribution is -2.52. The third-order valence-electron chi connectivity index (χ3n) is 4.31. The van der Waals surface area contributed by atoms with E-state index in [2.05, 4.69) is 37.2 Å². The number of carbonyl (C=O) groups excluding carboxylic acids is 2. The largest absolute Gasteiger partial charge is 0.350 e. The number of halogens is 2. The SMILES string of the molecule is CC(C(=O)NC(C)(C)C)N(Cc1cccc(Br)c1)C(=O)CSCc1ccc(Br)cc1. The Labute approximate surface area is 200 Å². The van der Waals surface area contributed by atoms with Crippen LogP contribution in [0.1, 0.15) is 38.8 Å². The van der Waals surface area contributed by atoms with Crippen LogP contribution in [-0.4, -0.2) is 34.0 Å². The summed E-state index contributed by atoms with van der Waals surface area (Å²) in [5.41, 5.74) is 1.78. The highest BCUT2D eigenvalue weighted by molar-refractivity contribution is 9.10. The van der Waals surface area contributed by atoms with E-state index in [-0.39, 0.29) is 17.4 Å². The monoisotopic (exact) mass is 554 g/mol. The normalized spacial score (nSPS) is 12.3. The van der Waals surface area contributed by atoms with Gasteiger partial charge in [0, 0.05) is 26.8 Å². The van der Waals surface area contributed by atoms with E-state index in [4.69, 9.17) is 0 Å². The molecule has 0 aromatic heterocycles. The van der Waals surface area contributed by atoms with Gasteiger partial charge in [-0.3, -0.25) is 9.59 Å². The average molecular weight is 556 g/mol. The van der Waals surface area contributed by atoms with Gasteiger partial charge in [-0.05, 0) is 63.1 Å². The maximum atomic E-state index is 13.1.